The van der Waals surface area contributed by atoms with Crippen LogP contribution in [0.25, 0.3) is 6.08 Å². The largest absolute Gasteiger partial charge is 0.314 e. The summed E-state index contributed by atoms with van der Waals surface area (Å²) < 4.78 is 12.7. The van der Waals surface area contributed by atoms with Gasteiger partial charge in [-0.2, -0.15) is 0 Å². The van der Waals surface area contributed by atoms with Crippen LogP contribution in [0.15, 0.2) is 30.3 Å². The standard InChI is InChI=1S/C11H14FN/c1-2-13-8-4-6-10-5-3-7-11(12)9-10/h3-7,9,13H,2,8H2,1H3/b6-4-. The van der Waals surface area contributed by atoms with Gasteiger partial charge in [0.05, 0.1) is 0 Å². The molecule has 2 heteroatoms. The van der Waals surface area contributed by atoms with E-state index in [1.165, 1.54) is 12.1 Å². The lowest BCUT2D eigenvalue weighted by Crippen LogP contribution is -2.11. The van der Waals surface area contributed by atoms with Gasteiger partial charge in [-0.05, 0) is 24.2 Å². The summed E-state index contributed by atoms with van der Waals surface area (Å²) in [5, 5.41) is 3.15. The zero-order chi connectivity index (χ0) is 9.52. The highest BCUT2D eigenvalue weighted by Gasteiger charge is 1.88. The Morgan fingerprint density at radius 1 is 1.46 bits per heavy atom. The van der Waals surface area contributed by atoms with E-state index in [1.807, 2.05) is 18.2 Å². The molecule has 0 aliphatic carbocycles. The predicted molar refractivity (Wildman–Crippen MR) is 54.0 cm³/mol. The minimum Gasteiger partial charge on any atom is -0.314 e. The van der Waals surface area contributed by atoms with Crippen LogP contribution in [0.4, 0.5) is 4.39 Å². The molecule has 1 nitrogen and oxygen atoms in total. The summed E-state index contributed by atoms with van der Waals surface area (Å²) in [4.78, 5) is 0. The SMILES string of the molecule is CCNC/C=C\c1cccc(F)c1. The maximum Gasteiger partial charge on any atom is 0.123 e. The van der Waals surface area contributed by atoms with Crippen molar-refractivity contribution in [3.05, 3.63) is 41.7 Å². The fraction of sp³-hybridized carbons (Fsp3) is 0.273. The number of nitrogens with one attached hydrogen (secondary N) is 1. The van der Waals surface area contributed by atoms with Gasteiger partial charge in [-0.3, -0.25) is 0 Å². The van der Waals surface area contributed by atoms with Crippen LogP contribution in [-0.2, 0) is 0 Å². The van der Waals surface area contributed by atoms with Crippen LogP contribution in [0.5, 0.6) is 0 Å². The van der Waals surface area contributed by atoms with E-state index in [0.29, 0.717) is 0 Å². The van der Waals surface area contributed by atoms with E-state index in [1.54, 1.807) is 6.07 Å². The molecule has 13 heavy (non-hydrogen) atoms. The van der Waals surface area contributed by atoms with Gasteiger partial charge in [0.15, 0.2) is 0 Å². The molecule has 0 unspecified atom stereocenters. The molecule has 70 valence electrons. The Labute approximate surface area is 78.3 Å². The van der Waals surface area contributed by atoms with Crippen LogP contribution < -0.4 is 5.32 Å². The van der Waals surface area contributed by atoms with Gasteiger partial charge in [-0.25, -0.2) is 4.39 Å². The highest BCUT2D eigenvalue weighted by molar-refractivity contribution is 5.49. The Morgan fingerprint density at radius 3 is 3.00 bits per heavy atom. The van der Waals surface area contributed by atoms with Crippen LogP contribution >= 0.6 is 0 Å². The molecule has 0 aliphatic heterocycles. The van der Waals surface area contributed by atoms with Gasteiger partial charge in [0, 0.05) is 6.54 Å². The van der Waals surface area contributed by atoms with E-state index >= 15 is 0 Å². The molecular formula is C11H14FN. The zero-order valence-electron chi connectivity index (χ0n) is 7.76. The fourth-order valence-corrected chi connectivity index (χ4v) is 1.03. The summed E-state index contributed by atoms with van der Waals surface area (Å²) in [6, 6.07) is 6.55. The Hall–Kier alpha value is -1.15. The third-order valence-corrected chi connectivity index (χ3v) is 1.67. The maximum absolute atomic E-state index is 12.7. The summed E-state index contributed by atoms with van der Waals surface area (Å²) in [5.41, 5.74) is 0.901. The van der Waals surface area contributed by atoms with Crippen molar-refractivity contribution in [1.82, 2.24) is 5.32 Å². The molecule has 0 fully saturated rings. The summed E-state index contributed by atoms with van der Waals surface area (Å²) in [6.45, 7) is 3.83. The Morgan fingerprint density at radius 2 is 2.31 bits per heavy atom. The minimum absolute atomic E-state index is 0.189. The Bertz CT molecular complexity index is 281. The second-order valence-corrected chi connectivity index (χ2v) is 2.77. The first kappa shape index (κ1) is 9.93. The fourth-order valence-electron chi connectivity index (χ4n) is 1.03. The van der Waals surface area contributed by atoms with E-state index in [0.717, 1.165) is 18.7 Å². The topological polar surface area (TPSA) is 12.0 Å². The molecule has 1 N–H and O–H groups in total. The van der Waals surface area contributed by atoms with Crippen molar-refractivity contribution in [2.45, 2.75) is 6.92 Å². The molecule has 0 saturated heterocycles. The van der Waals surface area contributed by atoms with Gasteiger partial charge in [0.25, 0.3) is 0 Å². The average Bonchev–Trinajstić information content (AvgIpc) is 2.13. The third-order valence-electron chi connectivity index (χ3n) is 1.67. The van der Waals surface area contributed by atoms with Crippen molar-refractivity contribution < 1.29 is 4.39 Å². The van der Waals surface area contributed by atoms with Gasteiger partial charge < -0.3 is 5.32 Å². The summed E-state index contributed by atoms with van der Waals surface area (Å²) in [6.07, 6.45) is 3.89. The third kappa shape index (κ3) is 3.85. The van der Waals surface area contributed by atoms with Crippen molar-refractivity contribution in [2.24, 2.45) is 0 Å². The summed E-state index contributed by atoms with van der Waals surface area (Å²) in [5.74, 6) is -0.189. The van der Waals surface area contributed by atoms with E-state index < -0.39 is 0 Å². The second-order valence-electron chi connectivity index (χ2n) is 2.77. The highest BCUT2D eigenvalue weighted by Crippen LogP contribution is 2.04. The van der Waals surface area contributed by atoms with Crippen LogP contribution in [0.1, 0.15) is 12.5 Å². The highest BCUT2D eigenvalue weighted by atomic mass is 19.1. The lowest BCUT2D eigenvalue weighted by molar-refractivity contribution is 0.627. The van der Waals surface area contributed by atoms with Crippen molar-refractivity contribution in [3.8, 4) is 0 Å². The molecule has 0 radical (unpaired) electrons. The average molecular weight is 179 g/mol. The molecule has 0 bridgehead atoms. The number of halogens is 1. The number of benzene rings is 1. The number of rotatable bonds is 4. The first-order valence-electron chi connectivity index (χ1n) is 4.45. The molecule has 0 spiro atoms. The first-order chi connectivity index (χ1) is 6.33. The number of hydrogen-bond donors (Lipinski definition) is 1. The molecule has 0 amide bonds. The second kappa shape index (κ2) is 5.49. The van der Waals surface area contributed by atoms with E-state index in [9.17, 15) is 4.39 Å². The maximum atomic E-state index is 12.7. The lowest BCUT2D eigenvalue weighted by Gasteiger charge is -1.94. The summed E-state index contributed by atoms with van der Waals surface area (Å²) >= 11 is 0. The van der Waals surface area contributed by atoms with Crippen molar-refractivity contribution in [2.75, 3.05) is 13.1 Å². The monoisotopic (exact) mass is 179 g/mol. The van der Waals surface area contributed by atoms with Crippen molar-refractivity contribution in [1.29, 1.82) is 0 Å². The molecule has 0 saturated carbocycles. The molecule has 0 heterocycles. The molecule has 0 atom stereocenters. The molecule has 0 aliphatic rings. The van der Waals surface area contributed by atoms with Gasteiger partial charge in [0.1, 0.15) is 5.82 Å². The van der Waals surface area contributed by atoms with Gasteiger partial charge >= 0.3 is 0 Å². The molecule has 1 aromatic rings. The summed E-state index contributed by atoms with van der Waals surface area (Å²) in [7, 11) is 0. The van der Waals surface area contributed by atoms with Gasteiger partial charge in [-0.1, -0.05) is 31.2 Å². The van der Waals surface area contributed by atoms with Gasteiger partial charge in [0.2, 0.25) is 0 Å². The smallest absolute Gasteiger partial charge is 0.123 e. The zero-order valence-corrected chi connectivity index (χ0v) is 7.76. The minimum atomic E-state index is -0.189. The Balaban J connectivity index is 2.48. The van der Waals surface area contributed by atoms with Crippen LogP contribution in [0.2, 0.25) is 0 Å². The first-order valence-corrected chi connectivity index (χ1v) is 4.45. The molecule has 1 rings (SSSR count). The van der Waals surface area contributed by atoms with Crippen LogP contribution in [0.3, 0.4) is 0 Å². The number of likely N-dealkylation sites (N-methyl/N-ethyl adjacent to an activating group) is 1. The van der Waals surface area contributed by atoms with E-state index in [-0.39, 0.29) is 5.82 Å². The van der Waals surface area contributed by atoms with Crippen LogP contribution in [-0.4, -0.2) is 13.1 Å². The van der Waals surface area contributed by atoms with Crippen molar-refractivity contribution in [3.63, 3.8) is 0 Å². The molecule has 0 aromatic heterocycles. The lowest BCUT2D eigenvalue weighted by atomic mass is 10.2. The van der Waals surface area contributed by atoms with Crippen molar-refractivity contribution >= 4 is 6.08 Å². The normalized spacial score (nSPS) is 10.9. The van der Waals surface area contributed by atoms with E-state index in [2.05, 4.69) is 12.2 Å². The van der Waals surface area contributed by atoms with Gasteiger partial charge in [-0.15, -0.1) is 0 Å². The quantitative estimate of drug-likeness (QED) is 0.700. The van der Waals surface area contributed by atoms with E-state index in [4.69, 9.17) is 0 Å². The predicted octanol–water partition coefficient (Wildman–Crippen LogP) is 2.45. The Kier molecular flexibility index (Phi) is 4.19. The molecule has 1 aromatic carbocycles. The van der Waals surface area contributed by atoms with Crippen LogP contribution in [0, 0.1) is 5.82 Å². The molecular weight excluding hydrogens is 165 g/mol. The number of hydrogen-bond acceptors (Lipinski definition) is 1.